The Kier molecular flexibility index (Phi) is 6.86. The summed E-state index contributed by atoms with van der Waals surface area (Å²) in [4.78, 5) is 0. The normalized spacial score (nSPS) is 19.9. The van der Waals surface area contributed by atoms with E-state index in [1.807, 2.05) is 0 Å². The van der Waals surface area contributed by atoms with Gasteiger partial charge in [0, 0.05) is 21.7 Å². The smallest absolute Gasteiger partial charge is 0.218 e. The Balaban J connectivity index is 2.42. The molecular formula is C14H31NO4SSi. The third-order valence-electron chi connectivity index (χ3n) is 3.98. The van der Waals surface area contributed by atoms with Crippen molar-refractivity contribution in [3.63, 3.8) is 0 Å². The fraction of sp³-hybridized carbons (Fsp3) is 1.00. The average Bonchev–Trinajstić information content (AvgIpc) is 2.32. The van der Waals surface area contributed by atoms with Crippen LogP contribution in [-0.2, 0) is 14.8 Å². The molecule has 0 unspecified atom stereocenters. The lowest BCUT2D eigenvalue weighted by Crippen LogP contribution is -2.44. The summed E-state index contributed by atoms with van der Waals surface area (Å²) < 4.78 is 31.3. The van der Waals surface area contributed by atoms with E-state index in [2.05, 4.69) is 19.6 Å². The van der Waals surface area contributed by atoms with E-state index in [1.165, 1.54) is 11.4 Å². The number of aliphatic hydroxyl groups is 1. The molecule has 0 bridgehead atoms. The highest BCUT2D eigenvalue weighted by molar-refractivity contribution is 7.89. The van der Waals surface area contributed by atoms with Crippen molar-refractivity contribution in [2.75, 3.05) is 26.1 Å². The number of rotatable bonds is 8. The molecule has 0 spiro atoms. The van der Waals surface area contributed by atoms with Gasteiger partial charge in [-0.2, -0.15) is 4.31 Å². The van der Waals surface area contributed by atoms with Crippen molar-refractivity contribution in [2.24, 2.45) is 0 Å². The van der Waals surface area contributed by atoms with Gasteiger partial charge in [0.25, 0.3) is 0 Å². The van der Waals surface area contributed by atoms with Gasteiger partial charge >= 0.3 is 0 Å². The van der Waals surface area contributed by atoms with Crippen molar-refractivity contribution < 1.29 is 18.3 Å². The lowest BCUT2D eigenvalue weighted by molar-refractivity contribution is 0.0235. The van der Waals surface area contributed by atoms with Gasteiger partial charge in [-0.1, -0.05) is 38.9 Å². The van der Waals surface area contributed by atoms with Crippen molar-refractivity contribution in [3.8, 4) is 0 Å². The molecule has 0 aromatic rings. The van der Waals surface area contributed by atoms with Crippen LogP contribution < -0.4 is 0 Å². The molecule has 1 N–H and O–H groups in total. The Morgan fingerprint density at radius 1 is 1.19 bits per heavy atom. The van der Waals surface area contributed by atoms with Gasteiger partial charge < -0.3 is 9.84 Å². The summed E-state index contributed by atoms with van der Waals surface area (Å²) in [5.74, 6) is -0.187. The van der Waals surface area contributed by atoms with Crippen LogP contribution in [0.2, 0.25) is 25.7 Å². The van der Waals surface area contributed by atoms with Crippen molar-refractivity contribution >= 4 is 18.1 Å². The van der Waals surface area contributed by atoms with Gasteiger partial charge in [-0.15, -0.1) is 0 Å². The molecule has 0 aromatic heterocycles. The van der Waals surface area contributed by atoms with Gasteiger partial charge in [0.2, 0.25) is 10.0 Å². The van der Waals surface area contributed by atoms with Gasteiger partial charge in [0.05, 0.1) is 11.4 Å². The first kappa shape index (κ1) is 19.1. The van der Waals surface area contributed by atoms with Crippen LogP contribution in [0.4, 0.5) is 0 Å². The predicted molar refractivity (Wildman–Crippen MR) is 88.6 cm³/mol. The molecule has 1 fully saturated rings. The standard InChI is InChI=1S/C14H31NO4SSi/c1-15(13-19-10-11-21(2,3)4)20(17,18)12-14(16)8-6-5-7-9-14/h16H,5-13H2,1-4H3. The van der Waals surface area contributed by atoms with Crippen LogP contribution in [0.1, 0.15) is 32.1 Å². The van der Waals surface area contributed by atoms with Crippen molar-refractivity contribution in [2.45, 2.75) is 63.4 Å². The van der Waals surface area contributed by atoms with Gasteiger partial charge in [0.15, 0.2) is 0 Å². The van der Waals surface area contributed by atoms with Crippen LogP contribution in [0.25, 0.3) is 0 Å². The second kappa shape index (κ2) is 7.54. The lowest BCUT2D eigenvalue weighted by Gasteiger charge is -2.33. The molecule has 0 aromatic carbocycles. The highest BCUT2D eigenvalue weighted by Gasteiger charge is 2.36. The molecule has 0 heterocycles. The molecular weight excluding hydrogens is 306 g/mol. The van der Waals surface area contributed by atoms with E-state index in [4.69, 9.17) is 4.74 Å². The van der Waals surface area contributed by atoms with Gasteiger partial charge in [-0.05, 0) is 18.9 Å². The Bertz CT molecular complexity index is 413. The summed E-state index contributed by atoms with van der Waals surface area (Å²) in [5, 5.41) is 10.4. The third-order valence-corrected chi connectivity index (χ3v) is 7.64. The topological polar surface area (TPSA) is 66.8 Å². The van der Waals surface area contributed by atoms with Crippen LogP contribution in [-0.4, -0.2) is 57.6 Å². The fourth-order valence-corrected chi connectivity index (χ4v) is 4.64. The second-order valence-electron chi connectivity index (χ2n) is 7.49. The SMILES string of the molecule is CN(COCC[Si](C)(C)C)S(=O)(=O)CC1(O)CCCCC1. The van der Waals surface area contributed by atoms with Gasteiger partial charge in [0.1, 0.15) is 6.73 Å². The van der Waals surface area contributed by atoms with Crippen LogP contribution in [0, 0.1) is 0 Å². The second-order valence-corrected chi connectivity index (χ2v) is 15.2. The van der Waals surface area contributed by atoms with Crippen LogP contribution >= 0.6 is 0 Å². The number of sulfonamides is 1. The molecule has 0 aliphatic heterocycles. The first-order chi connectivity index (χ1) is 9.54. The van der Waals surface area contributed by atoms with Crippen molar-refractivity contribution in [1.82, 2.24) is 4.31 Å². The zero-order valence-corrected chi connectivity index (χ0v) is 15.7. The Morgan fingerprint density at radius 3 is 2.29 bits per heavy atom. The molecule has 0 saturated heterocycles. The monoisotopic (exact) mass is 337 g/mol. The molecule has 5 nitrogen and oxygen atoms in total. The molecule has 0 amide bonds. The summed E-state index contributed by atoms with van der Waals surface area (Å²) in [7, 11) is -3.10. The fourth-order valence-electron chi connectivity index (χ4n) is 2.46. The number of hydrogen-bond donors (Lipinski definition) is 1. The maximum atomic E-state index is 12.3. The Hall–Kier alpha value is 0.0469. The Morgan fingerprint density at radius 2 is 1.76 bits per heavy atom. The van der Waals surface area contributed by atoms with E-state index >= 15 is 0 Å². The summed E-state index contributed by atoms with van der Waals surface area (Å²) in [5.41, 5.74) is -1.05. The predicted octanol–water partition coefficient (Wildman–Crippen LogP) is 2.26. The molecule has 7 heteroatoms. The van der Waals surface area contributed by atoms with E-state index in [-0.39, 0.29) is 12.5 Å². The highest BCUT2D eigenvalue weighted by Crippen LogP contribution is 2.29. The molecule has 1 rings (SSSR count). The maximum Gasteiger partial charge on any atom is 0.218 e. The first-order valence-electron chi connectivity index (χ1n) is 7.78. The van der Waals surface area contributed by atoms with E-state index in [0.717, 1.165) is 25.3 Å². The van der Waals surface area contributed by atoms with E-state index < -0.39 is 23.7 Å². The maximum absolute atomic E-state index is 12.3. The average molecular weight is 338 g/mol. The molecule has 1 aliphatic rings. The third kappa shape index (κ3) is 7.23. The van der Waals surface area contributed by atoms with Gasteiger partial charge in [-0.25, -0.2) is 8.42 Å². The van der Waals surface area contributed by atoms with Crippen LogP contribution in [0.3, 0.4) is 0 Å². The summed E-state index contributed by atoms with van der Waals surface area (Å²) >= 11 is 0. The van der Waals surface area contributed by atoms with Crippen molar-refractivity contribution in [1.29, 1.82) is 0 Å². The minimum Gasteiger partial charge on any atom is -0.389 e. The molecule has 0 radical (unpaired) electrons. The molecule has 126 valence electrons. The van der Waals surface area contributed by atoms with Crippen molar-refractivity contribution in [3.05, 3.63) is 0 Å². The lowest BCUT2D eigenvalue weighted by atomic mass is 9.86. The number of hydrogen-bond acceptors (Lipinski definition) is 4. The molecule has 21 heavy (non-hydrogen) atoms. The largest absolute Gasteiger partial charge is 0.389 e. The summed E-state index contributed by atoms with van der Waals surface area (Å²) in [6.45, 7) is 7.45. The van der Waals surface area contributed by atoms with E-state index in [0.29, 0.717) is 19.4 Å². The minimum absolute atomic E-state index is 0.0723. The molecule has 1 aliphatic carbocycles. The van der Waals surface area contributed by atoms with Crippen LogP contribution in [0.5, 0.6) is 0 Å². The summed E-state index contributed by atoms with van der Waals surface area (Å²) in [6, 6.07) is 1.02. The minimum atomic E-state index is -3.46. The zero-order chi connectivity index (χ0) is 16.1. The zero-order valence-electron chi connectivity index (χ0n) is 13.9. The van der Waals surface area contributed by atoms with E-state index in [1.54, 1.807) is 0 Å². The number of ether oxygens (including phenoxy) is 1. The van der Waals surface area contributed by atoms with Crippen LogP contribution in [0.15, 0.2) is 0 Å². The quantitative estimate of drug-likeness (QED) is 0.419. The molecule has 0 atom stereocenters. The first-order valence-corrected chi connectivity index (χ1v) is 13.1. The van der Waals surface area contributed by atoms with Gasteiger partial charge in [-0.3, -0.25) is 0 Å². The summed E-state index contributed by atoms with van der Waals surface area (Å²) in [6.07, 6.45) is 4.05. The van der Waals surface area contributed by atoms with E-state index in [9.17, 15) is 13.5 Å². The molecule has 1 saturated carbocycles. The Labute approximate surface area is 130 Å². The number of nitrogens with zero attached hydrogens (tertiary/aromatic N) is 1. The highest BCUT2D eigenvalue weighted by atomic mass is 32.2.